The molecule has 1 N–H and O–H groups in total. The number of methoxy groups -OCH3 is 1. The molecule has 2 heterocycles. The predicted octanol–water partition coefficient (Wildman–Crippen LogP) is 5.54. The molecular weight excluding hydrogens is 392 g/mol. The maximum absolute atomic E-state index is 13.0. The SMILES string of the molecule is COCCCNC(=O)c1sc2c(cnc3ccc(Cl)cc32)c1-c1ccccc1. The zero-order valence-corrected chi connectivity index (χ0v) is 16.9. The molecule has 4 rings (SSSR count). The highest BCUT2D eigenvalue weighted by atomic mass is 35.5. The number of fused-ring (bicyclic) bond motifs is 3. The Hall–Kier alpha value is -2.47. The van der Waals surface area contributed by atoms with Crippen LogP contribution in [0.5, 0.6) is 0 Å². The number of ether oxygens (including phenoxy) is 1. The van der Waals surface area contributed by atoms with Crippen molar-refractivity contribution in [1.82, 2.24) is 10.3 Å². The standard InChI is InChI=1S/C22H19ClN2O2S/c1-27-11-5-10-24-22(26)21-19(14-6-3-2-4-7-14)17-13-25-18-9-8-15(23)12-16(18)20(17)28-21/h2-4,6-9,12-13H,5,10-11H2,1H3,(H,24,26). The van der Waals surface area contributed by atoms with E-state index in [0.29, 0.717) is 23.1 Å². The maximum Gasteiger partial charge on any atom is 0.262 e. The third-order valence-corrected chi connectivity index (χ3v) is 6.03. The summed E-state index contributed by atoms with van der Waals surface area (Å²) in [5.74, 6) is -0.0775. The molecule has 142 valence electrons. The second-order valence-corrected chi connectivity index (χ2v) is 7.89. The first-order chi connectivity index (χ1) is 13.7. The average Bonchev–Trinajstić information content (AvgIpc) is 3.12. The van der Waals surface area contributed by atoms with Gasteiger partial charge in [0, 0.05) is 52.5 Å². The Bertz CT molecular complexity index is 1140. The normalized spacial score (nSPS) is 11.2. The molecule has 0 aliphatic heterocycles. The fraction of sp³-hybridized carbons (Fsp3) is 0.182. The van der Waals surface area contributed by atoms with Gasteiger partial charge in [0.2, 0.25) is 0 Å². The lowest BCUT2D eigenvalue weighted by molar-refractivity contribution is 0.0953. The molecule has 0 saturated carbocycles. The zero-order valence-electron chi connectivity index (χ0n) is 15.4. The lowest BCUT2D eigenvalue weighted by Gasteiger charge is -2.07. The molecule has 0 unspecified atom stereocenters. The Labute approximate surface area is 172 Å². The van der Waals surface area contributed by atoms with Crippen molar-refractivity contribution in [2.24, 2.45) is 0 Å². The van der Waals surface area contributed by atoms with Gasteiger partial charge in [-0.1, -0.05) is 41.9 Å². The molecule has 6 heteroatoms. The first-order valence-electron chi connectivity index (χ1n) is 9.02. The largest absolute Gasteiger partial charge is 0.385 e. The number of halogens is 1. The van der Waals surface area contributed by atoms with Gasteiger partial charge in [-0.2, -0.15) is 0 Å². The minimum atomic E-state index is -0.0775. The van der Waals surface area contributed by atoms with E-state index in [9.17, 15) is 4.79 Å². The van der Waals surface area contributed by atoms with Crippen molar-refractivity contribution in [2.45, 2.75) is 6.42 Å². The van der Waals surface area contributed by atoms with Crippen LogP contribution in [0.4, 0.5) is 0 Å². The van der Waals surface area contributed by atoms with Crippen molar-refractivity contribution in [3.05, 3.63) is 64.6 Å². The van der Waals surface area contributed by atoms with E-state index >= 15 is 0 Å². The Morgan fingerprint density at radius 3 is 2.79 bits per heavy atom. The van der Waals surface area contributed by atoms with Crippen LogP contribution in [0.3, 0.4) is 0 Å². The van der Waals surface area contributed by atoms with Gasteiger partial charge in [-0.05, 0) is 30.2 Å². The number of carbonyl (C=O) groups is 1. The molecule has 4 nitrogen and oxygen atoms in total. The van der Waals surface area contributed by atoms with Crippen LogP contribution in [0.25, 0.3) is 32.1 Å². The summed E-state index contributed by atoms with van der Waals surface area (Å²) >= 11 is 7.72. The molecule has 0 fully saturated rings. The van der Waals surface area contributed by atoms with Gasteiger partial charge < -0.3 is 10.1 Å². The van der Waals surface area contributed by atoms with Crippen LogP contribution in [0.15, 0.2) is 54.7 Å². The monoisotopic (exact) mass is 410 g/mol. The number of carbonyl (C=O) groups excluding carboxylic acids is 1. The Morgan fingerprint density at radius 1 is 1.18 bits per heavy atom. The Balaban J connectivity index is 1.88. The van der Waals surface area contributed by atoms with Crippen molar-refractivity contribution in [2.75, 3.05) is 20.3 Å². The number of benzene rings is 2. The summed E-state index contributed by atoms with van der Waals surface area (Å²) in [6.07, 6.45) is 2.63. The highest BCUT2D eigenvalue weighted by Gasteiger charge is 2.21. The van der Waals surface area contributed by atoms with Crippen molar-refractivity contribution < 1.29 is 9.53 Å². The number of nitrogens with one attached hydrogen (secondary N) is 1. The maximum atomic E-state index is 13.0. The Kier molecular flexibility index (Phi) is 5.57. The molecular formula is C22H19ClN2O2S. The smallest absolute Gasteiger partial charge is 0.262 e. The molecule has 1 amide bonds. The number of aromatic nitrogens is 1. The van der Waals surface area contributed by atoms with E-state index in [1.165, 1.54) is 11.3 Å². The number of hydrogen-bond acceptors (Lipinski definition) is 4. The van der Waals surface area contributed by atoms with Crippen LogP contribution in [0.2, 0.25) is 5.02 Å². The quantitative estimate of drug-likeness (QED) is 0.425. The van der Waals surface area contributed by atoms with E-state index in [2.05, 4.69) is 10.3 Å². The summed E-state index contributed by atoms with van der Waals surface area (Å²) in [4.78, 5) is 18.3. The number of amides is 1. The highest BCUT2D eigenvalue weighted by molar-refractivity contribution is 7.22. The van der Waals surface area contributed by atoms with Gasteiger partial charge in [-0.25, -0.2) is 0 Å². The molecule has 0 spiro atoms. The van der Waals surface area contributed by atoms with Crippen LogP contribution in [0.1, 0.15) is 16.1 Å². The van der Waals surface area contributed by atoms with Crippen molar-refractivity contribution in [3.8, 4) is 11.1 Å². The Morgan fingerprint density at radius 2 is 2.00 bits per heavy atom. The molecule has 0 aliphatic rings. The summed E-state index contributed by atoms with van der Waals surface area (Å²) in [7, 11) is 1.66. The molecule has 2 aromatic heterocycles. The summed E-state index contributed by atoms with van der Waals surface area (Å²) < 4.78 is 6.08. The van der Waals surface area contributed by atoms with Gasteiger partial charge in [0.05, 0.1) is 5.52 Å². The minimum Gasteiger partial charge on any atom is -0.385 e. The van der Waals surface area contributed by atoms with E-state index < -0.39 is 0 Å². The van der Waals surface area contributed by atoms with Crippen LogP contribution in [0, 0.1) is 0 Å². The third kappa shape index (κ3) is 3.61. The number of thiophene rings is 1. The van der Waals surface area contributed by atoms with E-state index in [1.807, 2.05) is 54.7 Å². The van der Waals surface area contributed by atoms with E-state index in [1.54, 1.807) is 7.11 Å². The zero-order chi connectivity index (χ0) is 19.5. The first-order valence-corrected chi connectivity index (χ1v) is 10.2. The predicted molar refractivity (Wildman–Crippen MR) is 116 cm³/mol. The van der Waals surface area contributed by atoms with Crippen LogP contribution >= 0.6 is 22.9 Å². The summed E-state index contributed by atoms with van der Waals surface area (Å²) in [6, 6.07) is 15.6. The summed E-state index contributed by atoms with van der Waals surface area (Å²) in [6.45, 7) is 1.19. The van der Waals surface area contributed by atoms with E-state index in [4.69, 9.17) is 16.3 Å². The number of pyridine rings is 1. The fourth-order valence-corrected chi connectivity index (χ4v) is 4.66. The van der Waals surface area contributed by atoms with Crippen LogP contribution in [-0.4, -0.2) is 31.2 Å². The fourth-order valence-electron chi connectivity index (χ4n) is 3.25. The van der Waals surface area contributed by atoms with E-state index in [-0.39, 0.29) is 5.91 Å². The van der Waals surface area contributed by atoms with Gasteiger partial charge in [0.1, 0.15) is 4.88 Å². The van der Waals surface area contributed by atoms with E-state index in [0.717, 1.165) is 38.5 Å². The van der Waals surface area contributed by atoms with Gasteiger partial charge in [0.15, 0.2) is 0 Å². The number of nitrogens with zero attached hydrogens (tertiary/aromatic N) is 1. The van der Waals surface area contributed by atoms with Crippen molar-refractivity contribution >= 4 is 49.8 Å². The molecule has 0 aliphatic carbocycles. The van der Waals surface area contributed by atoms with Crippen LogP contribution in [-0.2, 0) is 4.74 Å². The lowest BCUT2D eigenvalue weighted by atomic mass is 10.0. The van der Waals surface area contributed by atoms with Gasteiger partial charge in [0.25, 0.3) is 5.91 Å². The second kappa shape index (κ2) is 8.27. The van der Waals surface area contributed by atoms with Crippen LogP contribution < -0.4 is 5.32 Å². The van der Waals surface area contributed by atoms with Gasteiger partial charge >= 0.3 is 0 Å². The summed E-state index contributed by atoms with van der Waals surface area (Å²) in [5, 5.41) is 5.59. The first kappa shape index (κ1) is 18.9. The molecule has 28 heavy (non-hydrogen) atoms. The molecule has 0 atom stereocenters. The van der Waals surface area contributed by atoms with Gasteiger partial charge in [-0.15, -0.1) is 11.3 Å². The molecule has 4 aromatic rings. The highest BCUT2D eigenvalue weighted by Crippen LogP contribution is 2.41. The third-order valence-electron chi connectivity index (χ3n) is 4.56. The number of rotatable bonds is 6. The molecule has 0 saturated heterocycles. The summed E-state index contributed by atoms with van der Waals surface area (Å²) in [5.41, 5.74) is 2.78. The number of hydrogen-bond donors (Lipinski definition) is 1. The average molecular weight is 411 g/mol. The molecule has 0 radical (unpaired) electrons. The lowest BCUT2D eigenvalue weighted by Crippen LogP contribution is -2.24. The molecule has 2 aromatic carbocycles. The molecule has 0 bridgehead atoms. The minimum absolute atomic E-state index is 0.0775. The second-order valence-electron chi connectivity index (χ2n) is 6.44. The van der Waals surface area contributed by atoms with Crippen molar-refractivity contribution in [3.63, 3.8) is 0 Å². The van der Waals surface area contributed by atoms with Gasteiger partial charge in [-0.3, -0.25) is 9.78 Å². The topological polar surface area (TPSA) is 51.2 Å². The van der Waals surface area contributed by atoms with Crippen molar-refractivity contribution in [1.29, 1.82) is 0 Å².